The Labute approximate surface area is 186 Å². The van der Waals surface area contributed by atoms with Gasteiger partial charge in [-0.15, -0.1) is 6.42 Å². The van der Waals surface area contributed by atoms with Crippen LogP contribution in [0.2, 0.25) is 0 Å². The van der Waals surface area contributed by atoms with E-state index in [4.69, 9.17) is 26.8 Å². The molecule has 4 nitrogen and oxygen atoms in total. The lowest BCUT2D eigenvalue weighted by Crippen LogP contribution is -2.15. The summed E-state index contributed by atoms with van der Waals surface area (Å²) < 4.78 is 0. The van der Waals surface area contributed by atoms with Gasteiger partial charge in [-0.05, 0) is 78.3 Å². The predicted octanol–water partition coefficient (Wildman–Crippen LogP) is 3.40. The zero-order chi connectivity index (χ0) is 24.4. The second kappa shape index (κ2) is 16.9. The lowest BCUT2D eigenvalue weighted by Gasteiger charge is -2.05. The Hall–Kier alpha value is -1.96. The highest BCUT2D eigenvalue weighted by Gasteiger charge is 2.06. The van der Waals surface area contributed by atoms with E-state index in [1.165, 1.54) is 6.08 Å². The van der Waals surface area contributed by atoms with Crippen molar-refractivity contribution in [1.29, 1.82) is 0 Å². The molecule has 0 amide bonds. The maximum atomic E-state index is 9.14. The van der Waals surface area contributed by atoms with Gasteiger partial charge in [0.2, 0.25) is 0 Å². The minimum Gasteiger partial charge on any atom is -0.378 e. The van der Waals surface area contributed by atoms with Gasteiger partial charge in [0, 0.05) is 0 Å². The van der Waals surface area contributed by atoms with Gasteiger partial charge >= 0.3 is 0 Å². The highest BCUT2D eigenvalue weighted by Crippen LogP contribution is 1.97. The van der Waals surface area contributed by atoms with Crippen LogP contribution in [0.1, 0.15) is 55.4 Å². The molecule has 0 aliphatic heterocycles. The molecule has 0 aliphatic rings. The molecule has 0 unspecified atom stereocenters. The SMILES string of the molecule is C#CC(C)(C)O.C=CBr.C=CC#CC(C)(C)O.CC(C)(O)C#CC#CC(C)(C)O. The smallest absolute Gasteiger partial charge is 0.120 e. The second-order valence-corrected chi connectivity index (χ2v) is 8.16. The van der Waals surface area contributed by atoms with E-state index in [0.717, 1.165) is 0 Å². The van der Waals surface area contributed by atoms with Crippen LogP contribution in [0.25, 0.3) is 0 Å². The topological polar surface area (TPSA) is 80.9 Å². The van der Waals surface area contributed by atoms with Gasteiger partial charge in [0.05, 0.1) is 0 Å². The number of halogens is 1. The third kappa shape index (κ3) is 66.5. The molecule has 0 aromatic carbocycles. The maximum absolute atomic E-state index is 9.14. The number of terminal acetylenes is 1. The first-order valence-corrected chi connectivity index (χ1v) is 9.42. The average Bonchev–Trinajstić information content (AvgIpc) is 2.48. The van der Waals surface area contributed by atoms with E-state index in [2.05, 4.69) is 70.5 Å². The Morgan fingerprint density at radius 3 is 1.03 bits per heavy atom. The van der Waals surface area contributed by atoms with Crippen molar-refractivity contribution < 1.29 is 20.4 Å². The quantitative estimate of drug-likeness (QED) is 0.412. The monoisotopic (exact) mass is 466 g/mol. The van der Waals surface area contributed by atoms with Crippen LogP contribution in [0.3, 0.4) is 0 Å². The van der Waals surface area contributed by atoms with Crippen molar-refractivity contribution >= 4 is 15.9 Å². The molecule has 0 bridgehead atoms. The van der Waals surface area contributed by atoms with Crippen molar-refractivity contribution in [3.05, 3.63) is 24.2 Å². The highest BCUT2D eigenvalue weighted by molar-refractivity contribution is 9.11. The van der Waals surface area contributed by atoms with E-state index in [9.17, 15) is 0 Å². The summed E-state index contributed by atoms with van der Waals surface area (Å²) >= 11 is 2.91. The van der Waals surface area contributed by atoms with E-state index in [-0.39, 0.29) is 0 Å². The first-order chi connectivity index (χ1) is 12.7. The van der Waals surface area contributed by atoms with Crippen molar-refractivity contribution in [2.24, 2.45) is 0 Å². The molecular weight excluding hydrogens is 432 g/mol. The minimum absolute atomic E-state index is 0.881. The van der Waals surface area contributed by atoms with Gasteiger partial charge in [-0.25, -0.2) is 0 Å². The standard InChI is InChI=1S/C10H14O2.C7H10O.C5H8O.C2H3Br/c1-9(2,11)7-5-6-8-10(3,4)12;1-4-5-6-7(2,3)8;1-4-5(2,3)6;1-2-3/h11-12H,1-4H3;4,8H,1H2,2-3H3;1,6H,2-3H3;2H,1H2. The molecule has 0 spiro atoms. The van der Waals surface area contributed by atoms with Crippen LogP contribution < -0.4 is 0 Å². The Balaban J connectivity index is -0.000000159. The van der Waals surface area contributed by atoms with Crippen molar-refractivity contribution in [1.82, 2.24) is 0 Å². The highest BCUT2D eigenvalue weighted by atomic mass is 79.9. The number of hydrogen-bond acceptors (Lipinski definition) is 4. The van der Waals surface area contributed by atoms with E-state index >= 15 is 0 Å². The minimum atomic E-state index is -1.02. The maximum Gasteiger partial charge on any atom is 0.120 e. The van der Waals surface area contributed by atoms with Gasteiger partial charge in [0.25, 0.3) is 0 Å². The third-order valence-corrected chi connectivity index (χ3v) is 1.63. The molecule has 0 radical (unpaired) electrons. The molecule has 0 fully saturated rings. The van der Waals surface area contributed by atoms with Crippen LogP contribution in [0.15, 0.2) is 24.2 Å². The summed E-state index contributed by atoms with van der Waals surface area (Å²) in [5.74, 6) is 17.2. The van der Waals surface area contributed by atoms with E-state index in [1.54, 1.807) is 60.4 Å². The summed E-state index contributed by atoms with van der Waals surface area (Å²) in [4.78, 5) is 1.56. The van der Waals surface area contributed by atoms with E-state index < -0.39 is 22.4 Å². The predicted molar refractivity (Wildman–Crippen MR) is 127 cm³/mol. The average molecular weight is 467 g/mol. The lowest BCUT2D eigenvalue weighted by atomic mass is 10.1. The fraction of sp³-hybridized carbons (Fsp3) is 0.500. The molecule has 4 N–H and O–H groups in total. The Bertz CT molecular complexity index is 652. The van der Waals surface area contributed by atoms with Gasteiger partial charge in [0.1, 0.15) is 22.4 Å². The Kier molecular flexibility index (Phi) is 20.2. The van der Waals surface area contributed by atoms with Crippen LogP contribution in [0.4, 0.5) is 0 Å². The molecule has 0 heterocycles. The molecule has 29 heavy (non-hydrogen) atoms. The van der Waals surface area contributed by atoms with Crippen LogP contribution in [0.5, 0.6) is 0 Å². The third-order valence-electron chi connectivity index (χ3n) is 1.63. The Morgan fingerprint density at radius 1 is 0.690 bits per heavy atom. The van der Waals surface area contributed by atoms with Gasteiger partial charge < -0.3 is 20.4 Å². The van der Waals surface area contributed by atoms with Crippen LogP contribution in [0, 0.1) is 47.9 Å². The molecule has 0 aromatic rings. The Morgan fingerprint density at radius 2 is 0.931 bits per heavy atom. The summed E-state index contributed by atoms with van der Waals surface area (Å²) in [6, 6.07) is 0. The van der Waals surface area contributed by atoms with Crippen LogP contribution >= 0.6 is 15.9 Å². The van der Waals surface area contributed by atoms with Crippen LogP contribution in [-0.2, 0) is 0 Å². The zero-order valence-electron chi connectivity index (χ0n) is 18.8. The molecule has 0 atom stereocenters. The fourth-order valence-corrected chi connectivity index (χ4v) is 0.596. The summed E-state index contributed by atoms with van der Waals surface area (Å²) in [6.45, 7) is 19.3. The largest absolute Gasteiger partial charge is 0.378 e. The molecule has 5 heteroatoms. The molecule has 0 aliphatic carbocycles. The van der Waals surface area contributed by atoms with Crippen molar-refractivity contribution in [2.45, 2.75) is 77.8 Å². The zero-order valence-corrected chi connectivity index (χ0v) is 20.4. The molecule has 0 saturated carbocycles. The van der Waals surface area contributed by atoms with E-state index in [0.29, 0.717) is 0 Å². The van der Waals surface area contributed by atoms with Gasteiger partial charge in [0.15, 0.2) is 0 Å². The number of aliphatic hydroxyl groups is 4. The summed E-state index contributed by atoms with van der Waals surface area (Å²) in [5, 5.41) is 35.8. The van der Waals surface area contributed by atoms with Crippen LogP contribution in [-0.4, -0.2) is 42.8 Å². The van der Waals surface area contributed by atoms with Crippen molar-refractivity contribution in [3.63, 3.8) is 0 Å². The first kappa shape index (κ1) is 34.5. The fourth-order valence-electron chi connectivity index (χ4n) is 0.596. The van der Waals surface area contributed by atoms with Gasteiger partial charge in [-0.2, -0.15) is 0 Å². The van der Waals surface area contributed by atoms with Gasteiger partial charge in [-0.3, -0.25) is 0 Å². The van der Waals surface area contributed by atoms with Gasteiger partial charge in [-0.1, -0.05) is 58.7 Å². The molecule has 162 valence electrons. The lowest BCUT2D eigenvalue weighted by molar-refractivity contribution is 0.142. The summed E-state index contributed by atoms with van der Waals surface area (Å²) in [6.07, 6.45) is 6.26. The molecule has 0 rings (SSSR count). The number of allylic oxidation sites excluding steroid dienone is 1. The molecule has 0 saturated heterocycles. The molecular formula is C24H35BrO4. The summed E-state index contributed by atoms with van der Waals surface area (Å²) in [5.41, 5.74) is -3.85. The number of hydrogen-bond donors (Lipinski definition) is 4. The number of rotatable bonds is 0. The second-order valence-electron chi connectivity index (χ2n) is 7.51. The van der Waals surface area contributed by atoms with Crippen molar-refractivity contribution in [2.75, 3.05) is 0 Å². The van der Waals surface area contributed by atoms with Crippen molar-refractivity contribution in [3.8, 4) is 47.9 Å². The van der Waals surface area contributed by atoms with E-state index in [1.807, 2.05) is 0 Å². The normalized spacial score (nSPS) is 9.66. The summed E-state index contributed by atoms with van der Waals surface area (Å²) in [7, 11) is 0. The molecule has 0 aromatic heterocycles. The first-order valence-electron chi connectivity index (χ1n) is 8.51.